The third kappa shape index (κ3) is 1.34. The molecule has 0 N–H and O–H groups in total. The van der Waals surface area contributed by atoms with Crippen molar-refractivity contribution in [3.8, 4) is 11.3 Å². The van der Waals surface area contributed by atoms with E-state index in [1.807, 2.05) is 18.3 Å². The summed E-state index contributed by atoms with van der Waals surface area (Å²) in [4.78, 5) is 12.3. The second-order valence-corrected chi connectivity index (χ2v) is 3.08. The number of fused-ring (bicyclic) bond motifs is 1. The van der Waals surface area contributed by atoms with Crippen molar-refractivity contribution >= 4 is 5.65 Å². The molecule has 0 radical (unpaired) electrons. The molecular weight excluding hydrogens is 190 g/mol. The molecule has 0 saturated carbocycles. The van der Waals surface area contributed by atoms with E-state index in [9.17, 15) is 0 Å². The van der Waals surface area contributed by atoms with Gasteiger partial charge >= 0.3 is 0 Å². The largest absolute Gasteiger partial charge is 0.244 e. The Morgan fingerprint density at radius 1 is 1.13 bits per heavy atom. The van der Waals surface area contributed by atoms with Crippen molar-refractivity contribution in [2.45, 2.75) is 0 Å². The highest BCUT2D eigenvalue weighted by molar-refractivity contribution is 5.59. The van der Waals surface area contributed by atoms with Gasteiger partial charge in [-0.1, -0.05) is 0 Å². The molecule has 72 valence electrons. The number of nitrogens with zero attached hydrogens (tertiary/aromatic N) is 5. The Morgan fingerprint density at radius 2 is 2.00 bits per heavy atom. The van der Waals surface area contributed by atoms with Gasteiger partial charge in [-0.2, -0.15) is 5.10 Å². The van der Waals surface area contributed by atoms with E-state index < -0.39 is 0 Å². The Morgan fingerprint density at radius 3 is 2.80 bits per heavy atom. The average Bonchev–Trinajstić information content (AvgIpc) is 2.74. The molecule has 3 rings (SSSR count). The van der Waals surface area contributed by atoms with Gasteiger partial charge in [0.05, 0.1) is 11.9 Å². The SMILES string of the molecule is c1cnn2cc(-c3cncnc3)nc2c1. The van der Waals surface area contributed by atoms with Crippen molar-refractivity contribution in [1.82, 2.24) is 24.6 Å². The first kappa shape index (κ1) is 8.05. The van der Waals surface area contributed by atoms with Crippen LogP contribution in [0.3, 0.4) is 0 Å². The van der Waals surface area contributed by atoms with E-state index in [1.165, 1.54) is 6.33 Å². The fourth-order valence-electron chi connectivity index (χ4n) is 1.40. The van der Waals surface area contributed by atoms with Crippen LogP contribution in [0.15, 0.2) is 43.2 Å². The van der Waals surface area contributed by atoms with Gasteiger partial charge in [0.2, 0.25) is 0 Å². The van der Waals surface area contributed by atoms with Gasteiger partial charge in [-0.15, -0.1) is 0 Å². The van der Waals surface area contributed by atoms with Gasteiger partial charge in [-0.3, -0.25) is 0 Å². The first-order chi connectivity index (χ1) is 7.43. The highest BCUT2D eigenvalue weighted by atomic mass is 15.2. The van der Waals surface area contributed by atoms with Gasteiger partial charge < -0.3 is 0 Å². The highest BCUT2D eigenvalue weighted by Crippen LogP contribution is 2.15. The summed E-state index contributed by atoms with van der Waals surface area (Å²) in [6.45, 7) is 0. The van der Waals surface area contributed by atoms with Gasteiger partial charge in [-0.25, -0.2) is 19.5 Å². The maximum absolute atomic E-state index is 4.40. The maximum Gasteiger partial charge on any atom is 0.154 e. The summed E-state index contributed by atoms with van der Waals surface area (Å²) < 4.78 is 1.72. The minimum Gasteiger partial charge on any atom is -0.244 e. The van der Waals surface area contributed by atoms with Gasteiger partial charge in [0, 0.05) is 24.2 Å². The molecule has 0 aliphatic rings. The number of imidazole rings is 1. The van der Waals surface area contributed by atoms with Crippen LogP contribution in [0, 0.1) is 0 Å². The van der Waals surface area contributed by atoms with Crippen LogP contribution in [-0.4, -0.2) is 24.6 Å². The summed E-state index contributed by atoms with van der Waals surface area (Å²) in [5.74, 6) is 0. The molecule has 0 aliphatic heterocycles. The molecule has 0 spiro atoms. The Hall–Kier alpha value is -2.30. The lowest BCUT2D eigenvalue weighted by Gasteiger charge is -1.90. The Bertz CT molecular complexity index is 554. The van der Waals surface area contributed by atoms with Crippen LogP contribution in [0.2, 0.25) is 0 Å². The standard InChI is InChI=1S/C10H7N5/c1-2-10-14-9(6-15(10)13-3-1)8-4-11-7-12-5-8/h1-7H. The molecule has 3 heterocycles. The van der Waals surface area contributed by atoms with E-state index in [1.54, 1.807) is 23.1 Å². The zero-order valence-corrected chi connectivity index (χ0v) is 7.78. The first-order valence-corrected chi connectivity index (χ1v) is 4.49. The molecule has 0 saturated heterocycles. The van der Waals surface area contributed by atoms with Crippen molar-refractivity contribution in [3.05, 3.63) is 43.2 Å². The predicted molar refractivity (Wildman–Crippen MR) is 54.0 cm³/mol. The topological polar surface area (TPSA) is 56.0 Å². The smallest absolute Gasteiger partial charge is 0.154 e. The number of rotatable bonds is 1. The fraction of sp³-hybridized carbons (Fsp3) is 0. The number of hydrogen-bond acceptors (Lipinski definition) is 4. The lowest BCUT2D eigenvalue weighted by molar-refractivity contribution is 0.936. The molecule has 0 fully saturated rings. The van der Waals surface area contributed by atoms with E-state index in [0.29, 0.717) is 0 Å². The van der Waals surface area contributed by atoms with Crippen LogP contribution in [0.1, 0.15) is 0 Å². The van der Waals surface area contributed by atoms with Crippen LogP contribution in [0.5, 0.6) is 0 Å². The van der Waals surface area contributed by atoms with Gasteiger partial charge in [-0.05, 0) is 12.1 Å². The zero-order valence-electron chi connectivity index (χ0n) is 7.78. The minimum atomic E-state index is 0.816. The third-order valence-corrected chi connectivity index (χ3v) is 2.09. The summed E-state index contributed by atoms with van der Waals surface area (Å²) in [7, 11) is 0. The van der Waals surface area contributed by atoms with Crippen LogP contribution in [-0.2, 0) is 0 Å². The lowest BCUT2D eigenvalue weighted by Crippen LogP contribution is -1.85. The van der Waals surface area contributed by atoms with Gasteiger partial charge in [0.15, 0.2) is 5.65 Å². The molecule has 3 aromatic heterocycles. The molecular formula is C10H7N5. The van der Waals surface area contributed by atoms with Crippen molar-refractivity contribution < 1.29 is 0 Å². The monoisotopic (exact) mass is 197 g/mol. The van der Waals surface area contributed by atoms with Crippen molar-refractivity contribution in [1.29, 1.82) is 0 Å². The Labute approximate surface area is 85.5 Å². The molecule has 0 aliphatic carbocycles. The van der Waals surface area contributed by atoms with E-state index in [2.05, 4.69) is 20.1 Å². The van der Waals surface area contributed by atoms with E-state index in [0.717, 1.165) is 16.9 Å². The Kier molecular flexibility index (Phi) is 1.68. The summed E-state index contributed by atoms with van der Waals surface area (Å²) in [6.07, 6.45) is 8.54. The third-order valence-electron chi connectivity index (χ3n) is 2.09. The lowest BCUT2D eigenvalue weighted by atomic mass is 10.3. The number of aromatic nitrogens is 5. The summed E-state index contributed by atoms with van der Waals surface area (Å²) in [5.41, 5.74) is 2.54. The van der Waals surface area contributed by atoms with E-state index in [4.69, 9.17) is 0 Å². The van der Waals surface area contributed by atoms with Crippen LogP contribution in [0.25, 0.3) is 16.9 Å². The summed E-state index contributed by atoms with van der Waals surface area (Å²) in [6, 6.07) is 3.76. The molecule has 0 bridgehead atoms. The average molecular weight is 197 g/mol. The molecule has 5 nitrogen and oxygen atoms in total. The predicted octanol–water partition coefficient (Wildman–Crippen LogP) is 1.19. The summed E-state index contributed by atoms with van der Waals surface area (Å²) >= 11 is 0. The molecule has 15 heavy (non-hydrogen) atoms. The van der Waals surface area contributed by atoms with Crippen molar-refractivity contribution in [2.75, 3.05) is 0 Å². The first-order valence-electron chi connectivity index (χ1n) is 4.49. The fourth-order valence-corrected chi connectivity index (χ4v) is 1.40. The molecule has 3 aromatic rings. The second-order valence-electron chi connectivity index (χ2n) is 3.08. The van der Waals surface area contributed by atoms with E-state index >= 15 is 0 Å². The minimum absolute atomic E-state index is 0.816. The van der Waals surface area contributed by atoms with Crippen molar-refractivity contribution in [3.63, 3.8) is 0 Å². The zero-order chi connectivity index (χ0) is 10.1. The molecule has 0 atom stereocenters. The Balaban J connectivity index is 2.21. The van der Waals surface area contributed by atoms with Crippen molar-refractivity contribution in [2.24, 2.45) is 0 Å². The maximum atomic E-state index is 4.40. The van der Waals surface area contributed by atoms with E-state index in [-0.39, 0.29) is 0 Å². The molecule has 0 unspecified atom stereocenters. The highest BCUT2D eigenvalue weighted by Gasteiger charge is 2.03. The van der Waals surface area contributed by atoms with Crippen LogP contribution in [0.4, 0.5) is 0 Å². The van der Waals surface area contributed by atoms with Crippen LogP contribution >= 0.6 is 0 Å². The molecule has 5 heteroatoms. The van der Waals surface area contributed by atoms with Gasteiger partial charge in [0.1, 0.15) is 6.33 Å². The second kappa shape index (κ2) is 3.13. The number of hydrogen-bond donors (Lipinski definition) is 0. The molecule has 0 aromatic carbocycles. The summed E-state index contributed by atoms with van der Waals surface area (Å²) in [5, 5.41) is 4.14. The molecule has 0 amide bonds. The quantitative estimate of drug-likeness (QED) is 0.588. The van der Waals surface area contributed by atoms with Gasteiger partial charge in [0.25, 0.3) is 0 Å². The normalized spacial score (nSPS) is 10.7. The van der Waals surface area contributed by atoms with Crippen LogP contribution < -0.4 is 0 Å².